The predicted octanol–water partition coefficient (Wildman–Crippen LogP) is 4.33. The SMILES string of the molecule is [2H]c1c([2H])c([2H])c(C([2H])([2H])[C@@H](C[C@H](O)[C@H](Cc2ccccc2)NC(=O)C([2H])([2H])Oc2c(C)cccc2C)NC(=O)[C@H](C(C)C)N2CCCNC2=O)c([2H])c1[2H]. The van der Waals surface area contributed by atoms with Gasteiger partial charge in [0, 0.05) is 21.9 Å². The molecule has 0 aliphatic carbocycles. The molecule has 0 aromatic heterocycles. The Labute approximate surface area is 285 Å². The molecule has 1 aliphatic heterocycles. The number of rotatable bonds is 15. The van der Waals surface area contributed by atoms with E-state index in [2.05, 4.69) is 16.0 Å². The highest BCUT2D eigenvalue weighted by Crippen LogP contribution is 2.22. The molecule has 246 valence electrons. The molecule has 4 atom stereocenters. The molecule has 1 aliphatic rings. The molecule has 3 aromatic carbocycles. The van der Waals surface area contributed by atoms with Gasteiger partial charge in [-0.1, -0.05) is 92.6 Å². The second kappa shape index (κ2) is 16.8. The second-order valence-electron chi connectivity index (χ2n) is 11.7. The first-order chi connectivity index (χ1) is 25.7. The summed E-state index contributed by atoms with van der Waals surface area (Å²) in [6, 6.07) is 4.87. The standard InChI is InChI=1S/C37H48N4O5/c1-25(2)34(41-20-12-19-38-37(41)45)36(44)39-30(21-28-15-7-5-8-16-28)23-32(42)31(22-29-17-9-6-10-18-29)40-33(43)24-46-35-26(3)13-11-14-27(35)4/h5-11,13-18,25,30-32,34,42H,12,19-24H2,1-4H3,(H,38,45)(H,39,44)(H,40,43)/t30-,31-,32-,34-/m0/s1/i5D,7D,8D,15D,16D,21D2,24D2. The van der Waals surface area contributed by atoms with Crippen molar-refractivity contribution in [2.75, 3.05) is 19.6 Å². The van der Waals surface area contributed by atoms with Crippen LogP contribution in [0.1, 0.15) is 61.3 Å². The number of carbonyl (C=O) groups is 3. The number of aliphatic hydroxyl groups excluding tert-OH is 1. The van der Waals surface area contributed by atoms with Gasteiger partial charge in [0.25, 0.3) is 5.91 Å². The van der Waals surface area contributed by atoms with Crippen molar-refractivity contribution in [2.45, 2.75) is 77.6 Å². The van der Waals surface area contributed by atoms with E-state index >= 15 is 0 Å². The van der Waals surface area contributed by atoms with Gasteiger partial charge < -0.3 is 30.7 Å². The summed E-state index contributed by atoms with van der Waals surface area (Å²) < 4.78 is 82.7. The number of aliphatic hydroxyl groups is 1. The zero-order chi connectivity index (χ0) is 41.0. The smallest absolute Gasteiger partial charge is 0.318 e. The van der Waals surface area contributed by atoms with Crippen LogP contribution in [0.15, 0.2) is 78.7 Å². The average molecular weight is 638 g/mol. The summed E-state index contributed by atoms with van der Waals surface area (Å²) in [5.41, 5.74) is 0.989. The van der Waals surface area contributed by atoms with E-state index in [1.807, 2.05) is 0 Å². The maximum Gasteiger partial charge on any atom is 0.318 e. The molecule has 9 nitrogen and oxygen atoms in total. The summed E-state index contributed by atoms with van der Waals surface area (Å²) in [6.07, 6.45) is -4.93. The lowest BCUT2D eigenvalue weighted by molar-refractivity contribution is -0.128. The Morgan fingerprint density at radius 3 is 2.37 bits per heavy atom. The van der Waals surface area contributed by atoms with Crippen molar-refractivity contribution in [1.82, 2.24) is 20.9 Å². The van der Waals surface area contributed by atoms with Crippen molar-refractivity contribution in [3.8, 4) is 5.75 Å². The molecule has 1 fully saturated rings. The molecule has 0 saturated carbocycles. The summed E-state index contributed by atoms with van der Waals surface area (Å²) >= 11 is 0. The maximum atomic E-state index is 14.1. The zero-order valence-corrected chi connectivity index (χ0v) is 26.6. The highest BCUT2D eigenvalue weighted by Gasteiger charge is 2.35. The summed E-state index contributed by atoms with van der Waals surface area (Å²) in [4.78, 5) is 41.9. The normalized spacial score (nSPS) is 19.2. The average Bonchev–Trinajstić information content (AvgIpc) is 3.12. The first-order valence-corrected chi connectivity index (χ1v) is 15.4. The summed E-state index contributed by atoms with van der Waals surface area (Å²) in [7, 11) is 0. The Kier molecular flexibility index (Phi) is 8.73. The molecule has 46 heavy (non-hydrogen) atoms. The minimum atomic E-state index is -2.95. The van der Waals surface area contributed by atoms with Gasteiger partial charge in [0.05, 0.1) is 21.7 Å². The van der Waals surface area contributed by atoms with Crippen LogP contribution in [0.3, 0.4) is 0 Å². The first kappa shape index (κ1) is 23.9. The van der Waals surface area contributed by atoms with Crippen molar-refractivity contribution in [2.24, 2.45) is 5.92 Å². The lowest BCUT2D eigenvalue weighted by Crippen LogP contribution is -2.59. The van der Waals surface area contributed by atoms with Crippen molar-refractivity contribution >= 4 is 17.8 Å². The number of hydrogen-bond acceptors (Lipinski definition) is 5. The second-order valence-corrected chi connectivity index (χ2v) is 11.7. The molecule has 1 saturated heterocycles. The summed E-state index contributed by atoms with van der Waals surface area (Å²) in [5.74, 6) is -2.40. The molecule has 4 amide bonds. The molecule has 3 aromatic rings. The number of ether oxygens (including phenoxy) is 1. The number of amides is 4. The fourth-order valence-electron chi connectivity index (χ4n) is 5.44. The molecule has 0 unspecified atom stereocenters. The van der Waals surface area contributed by atoms with Crippen LogP contribution in [-0.4, -0.2) is 71.7 Å². The number of nitrogens with one attached hydrogen (secondary N) is 3. The van der Waals surface area contributed by atoms with Crippen LogP contribution >= 0.6 is 0 Å². The largest absolute Gasteiger partial charge is 0.483 e. The Bertz CT molecular complexity index is 1830. The molecule has 0 radical (unpaired) electrons. The van der Waals surface area contributed by atoms with E-state index in [1.165, 1.54) is 4.90 Å². The van der Waals surface area contributed by atoms with E-state index in [-0.39, 0.29) is 18.7 Å². The van der Waals surface area contributed by atoms with Crippen molar-refractivity contribution in [3.05, 3.63) is 101 Å². The third kappa shape index (κ3) is 9.81. The lowest BCUT2D eigenvalue weighted by atomic mass is 9.92. The van der Waals surface area contributed by atoms with Gasteiger partial charge in [-0.2, -0.15) is 0 Å². The van der Waals surface area contributed by atoms with Gasteiger partial charge in [0.2, 0.25) is 5.91 Å². The molecular formula is C37H48N4O5. The fourth-order valence-corrected chi connectivity index (χ4v) is 5.44. The highest BCUT2D eigenvalue weighted by atomic mass is 16.5. The van der Waals surface area contributed by atoms with E-state index in [4.69, 9.17) is 14.3 Å². The molecular weight excluding hydrogens is 580 g/mol. The fraction of sp³-hybridized carbons (Fsp3) is 0.432. The number of nitrogens with zero attached hydrogens (tertiary/aromatic N) is 1. The summed E-state index contributed by atoms with van der Waals surface area (Å²) in [5, 5.41) is 19.7. The van der Waals surface area contributed by atoms with Crippen molar-refractivity contribution in [3.63, 3.8) is 0 Å². The Morgan fingerprint density at radius 1 is 1.02 bits per heavy atom. The van der Waals surface area contributed by atoms with Crippen LogP contribution in [0, 0.1) is 19.8 Å². The monoisotopic (exact) mass is 637 g/mol. The quantitative estimate of drug-likeness (QED) is 0.198. The Hall–Kier alpha value is -4.37. The van der Waals surface area contributed by atoms with E-state index in [0.717, 1.165) is 0 Å². The van der Waals surface area contributed by atoms with Gasteiger partial charge in [-0.25, -0.2) is 4.79 Å². The number of aryl methyl sites for hydroxylation is 2. The van der Waals surface area contributed by atoms with Gasteiger partial charge >= 0.3 is 6.03 Å². The van der Waals surface area contributed by atoms with E-state index in [9.17, 15) is 22.2 Å². The van der Waals surface area contributed by atoms with Gasteiger partial charge in [-0.3, -0.25) is 9.59 Å². The first-order valence-electron chi connectivity index (χ1n) is 19.9. The number of urea groups is 1. The molecule has 0 bridgehead atoms. The van der Waals surface area contributed by atoms with E-state index in [0.29, 0.717) is 29.7 Å². The highest BCUT2D eigenvalue weighted by molar-refractivity contribution is 5.87. The zero-order valence-electron chi connectivity index (χ0n) is 35.6. The van der Waals surface area contributed by atoms with Crippen LogP contribution in [0.25, 0.3) is 0 Å². The Morgan fingerprint density at radius 2 is 1.72 bits per heavy atom. The van der Waals surface area contributed by atoms with Crippen LogP contribution in [0.5, 0.6) is 5.75 Å². The third-order valence-electron chi connectivity index (χ3n) is 7.69. The minimum Gasteiger partial charge on any atom is -0.483 e. The van der Waals surface area contributed by atoms with Crippen molar-refractivity contribution < 1.29 is 36.6 Å². The number of carbonyl (C=O) groups excluding carboxylic acids is 3. The molecule has 9 heteroatoms. The summed E-state index contributed by atoms with van der Waals surface area (Å²) in [6.45, 7) is 4.45. The number of para-hydroxylation sites is 1. The van der Waals surface area contributed by atoms with Gasteiger partial charge in [0.15, 0.2) is 6.56 Å². The van der Waals surface area contributed by atoms with Gasteiger partial charge in [-0.15, -0.1) is 0 Å². The van der Waals surface area contributed by atoms with Crippen LogP contribution in [-0.2, 0) is 22.4 Å². The van der Waals surface area contributed by atoms with E-state index < -0.39 is 103 Å². The number of benzene rings is 3. The molecule has 0 spiro atoms. The number of hydrogen-bond donors (Lipinski definition) is 4. The van der Waals surface area contributed by atoms with Crippen LogP contribution in [0.4, 0.5) is 4.79 Å². The Balaban J connectivity index is 1.77. The minimum absolute atomic E-state index is 0.0892. The predicted molar refractivity (Wildman–Crippen MR) is 180 cm³/mol. The van der Waals surface area contributed by atoms with Crippen LogP contribution in [0.2, 0.25) is 0 Å². The maximum absolute atomic E-state index is 14.1. The van der Waals surface area contributed by atoms with Crippen LogP contribution < -0.4 is 20.7 Å². The van der Waals surface area contributed by atoms with Gasteiger partial charge in [-0.05, 0) is 67.7 Å². The van der Waals surface area contributed by atoms with E-state index in [1.54, 1.807) is 76.2 Å². The molecule has 4 rings (SSSR count). The van der Waals surface area contributed by atoms with Gasteiger partial charge in [0.1, 0.15) is 11.8 Å². The molecule has 4 N–H and O–H groups in total. The van der Waals surface area contributed by atoms with Crippen molar-refractivity contribution in [1.29, 1.82) is 0 Å². The topological polar surface area (TPSA) is 120 Å². The molecule has 1 heterocycles. The third-order valence-corrected chi connectivity index (χ3v) is 7.69. The lowest BCUT2D eigenvalue weighted by Gasteiger charge is -2.37.